The van der Waals surface area contributed by atoms with Crippen molar-refractivity contribution >= 4 is 23.2 Å². The van der Waals surface area contributed by atoms with Gasteiger partial charge in [0.15, 0.2) is 0 Å². The Hall–Kier alpha value is -1.70. The molecule has 2 aromatic rings. The van der Waals surface area contributed by atoms with Crippen molar-refractivity contribution < 1.29 is 13.2 Å². The number of halogens is 5. The zero-order valence-corrected chi connectivity index (χ0v) is 11.3. The average molecular weight is 316 g/mol. The number of alkyl halides is 3. The molecule has 0 aromatic heterocycles. The molecule has 0 unspecified atom stereocenters. The fourth-order valence-electron chi connectivity index (χ4n) is 1.74. The minimum atomic E-state index is -4.49. The van der Waals surface area contributed by atoms with Crippen LogP contribution < -0.4 is 0 Å². The van der Waals surface area contributed by atoms with Crippen molar-refractivity contribution in [2.45, 2.75) is 6.18 Å². The second-order valence-corrected chi connectivity index (χ2v) is 4.84. The molecule has 0 amide bonds. The Morgan fingerprint density at radius 3 is 2.25 bits per heavy atom. The number of nitrogens with zero attached hydrogens (tertiary/aromatic N) is 1. The smallest absolute Gasteiger partial charge is 0.192 e. The molecule has 0 radical (unpaired) electrons. The van der Waals surface area contributed by atoms with Gasteiger partial charge in [0.05, 0.1) is 17.2 Å². The fraction of sp³-hybridized carbons (Fsp3) is 0.0714. The monoisotopic (exact) mass is 315 g/mol. The van der Waals surface area contributed by atoms with E-state index < -0.39 is 11.7 Å². The minimum absolute atomic E-state index is 0.0992. The van der Waals surface area contributed by atoms with Gasteiger partial charge >= 0.3 is 6.18 Å². The Labute approximate surface area is 123 Å². The number of rotatable bonds is 1. The van der Waals surface area contributed by atoms with Crippen molar-refractivity contribution in [3.8, 4) is 17.2 Å². The maximum atomic E-state index is 12.8. The molecule has 6 heteroatoms. The van der Waals surface area contributed by atoms with Crippen LogP contribution in [0.1, 0.15) is 11.1 Å². The first kappa shape index (κ1) is 14.7. The molecule has 0 fully saturated rings. The standard InChI is InChI=1S/C14H6Cl2F3N/c15-10-3-4-13(16)12(6-10)11-5-9(14(17,18)19)2-1-8(11)7-20/h1-6H. The maximum Gasteiger partial charge on any atom is 0.416 e. The van der Waals surface area contributed by atoms with Crippen molar-refractivity contribution in [2.75, 3.05) is 0 Å². The molecule has 0 aliphatic rings. The van der Waals surface area contributed by atoms with Crippen molar-refractivity contribution in [1.29, 1.82) is 5.26 Å². The lowest BCUT2D eigenvalue weighted by atomic mass is 9.97. The Morgan fingerprint density at radius 1 is 0.950 bits per heavy atom. The molecule has 0 atom stereocenters. The van der Waals surface area contributed by atoms with Gasteiger partial charge in [-0.3, -0.25) is 0 Å². The highest BCUT2D eigenvalue weighted by Crippen LogP contribution is 2.37. The molecular formula is C14H6Cl2F3N. The summed E-state index contributed by atoms with van der Waals surface area (Å²) in [5, 5.41) is 9.58. The van der Waals surface area contributed by atoms with E-state index in [9.17, 15) is 13.2 Å². The molecular weight excluding hydrogens is 310 g/mol. The second-order valence-electron chi connectivity index (χ2n) is 3.99. The summed E-state index contributed by atoms with van der Waals surface area (Å²) in [5.74, 6) is 0. The van der Waals surface area contributed by atoms with E-state index in [1.165, 1.54) is 18.2 Å². The highest BCUT2D eigenvalue weighted by Gasteiger charge is 2.31. The lowest BCUT2D eigenvalue weighted by Crippen LogP contribution is -2.05. The van der Waals surface area contributed by atoms with Crippen LogP contribution in [0.4, 0.5) is 13.2 Å². The van der Waals surface area contributed by atoms with Crippen LogP contribution in [0.25, 0.3) is 11.1 Å². The molecule has 0 heterocycles. The van der Waals surface area contributed by atoms with E-state index in [2.05, 4.69) is 0 Å². The van der Waals surface area contributed by atoms with Crippen molar-refractivity contribution in [3.05, 3.63) is 57.6 Å². The Morgan fingerprint density at radius 2 is 1.65 bits per heavy atom. The lowest BCUT2D eigenvalue weighted by Gasteiger charge is -2.12. The molecule has 102 valence electrons. The molecule has 0 spiro atoms. The number of nitriles is 1. The zero-order chi connectivity index (χ0) is 14.9. The summed E-state index contributed by atoms with van der Waals surface area (Å²) in [5.41, 5.74) is -0.346. The van der Waals surface area contributed by atoms with Crippen LogP contribution in [0.3, 0.4) is 0 Å². The summed E-state index contributed by atoms with van der Waals surface area (Å²) in [6, 6.07) is 9.16. The quantitative estimate of drug-likeness (QED) is 0.676. The zero-order valence-electron chi connectivity index (χ0n) is 9.80. The van der Waals surface area contributed by atoms with Crippen LogP contribution in [0, 0.1) is 11.3 Å². The summed E-state index contributed by atoms with van der Waals surface area (Å²) in [6.07, 6.45) is -4.49. The largest absolute Gasteiger partial charge is 0.416 e. The van der Waals surface area contributed by atoms with Crippen molar-refractivity contribution in [3.63, 3.8) is 0 Å². The molecule has 0 N–H and O–H groups in total. The highest BCUT2D eigenvalue weighted by atomic mass is 35.5. The number of hydrogen-bond acceptors (Lipinski definition) is 1. The van der Waals surface area contributed by atoms with Crippen LogP contribution in [-0.2, 0) is 6.18 Å². The number of benzene rings is 2. The molecule has 2 aromatic carbocycles. The van der Waals surface area contributed by atoms with Gasteiger partial charge in [0, 0.05) is 21.2 Å². The lowest BCUT2D eigenvalue weighted by molar-refractivity contribution is -0.137. The Balaban J connectivity index is 2.72. The molecule has 2 rings (SSSR count). The van der Waals surface area contributed by atoms with E-state index in [1.54, 1.807) is 0 Å². The van der Waals surface area contributed by atoms with Gasteiger partial charge in [-0.05, 0) is 36.4 Å². The Bertz CT molecular complexity index is 703. The molecule has 0 bridgehead atoms. The summed E-state index contributed by atoms with van der Waals surface area (Å²) in [7, 11) is 0. The van der Waals surface area contributed by atoms with Gasteiger partial charge in [0.2, 0.25) is 0 Å². The van der Waals surface area contributed by atoms with Crippen molar-refractivity contribution in [2.24, 2.45) is 0 Å². The predicted molar refractivity (Wildman–Crippen MR) is 71.6 cm³/mol. The van der Waals surface area contributed by atoms with Gasteiger partial charge in [0.25, 0.3) is 0 Å². The fourth-order valence-corrected chi connectivity index (χ4v) is 2.14. The molecule has 20 heavy (non-hydrogen) atoms. The van der Waals surface area contributed by atoms with E-state index in [4.69, 9.17) is 28.5 Å². The van der Waals surface area contributed by atoms with E-state index in [0.29, 0.717) is 10.6 Å². The topological polar surface area (TPSA) is 23.8 Å². The molecule has 0 aliphatic heterocycles. The van der Waals surface area contributed by atoms with Crippen LogP contribution >= 0.6 is 23.2 Å². The van der Waals surface area contributed by atoms with E-state index in [0.717, 1.165) is 18.2 Å². The Kier molecular flexibility index (Phi) is 3.94. The summed E-state index contributed by atoms with van der Waals surface area (Å²) >= 11 is 11.8. The third-order valence-corrected chi connectivity index (χ3v) is 3.25. The molecule has 0 saturated heterocycles. The average Bonchev–Trinajstić information content (AvgIpc) is 2.40. The molecule has 1 nitrogen and oxygen atoms in total. The predicted octanol–water partition coefficient (Wildman–Crippen LogP) is 5.55. The van der Waals surface area contributed by atoms with Crippen LogP contribution in [0.15, 0.2) is 36.4 Å². The van der Waals surface area contributed by atoms with Gasteiger partial charge in [0.1, 0.15) is 0 Å². The SMILES string of the molecule is N#Cc1ccc(C(F)(F)F)cc1-c1cc(Cl)ccc1Cl. The van der Waals surface area contributed by atoms with Crippen LogP contribution in [0.5, 0.6) is 0 Å². The van der Waals surface area contributed by atoms with Gasteiger partial charge < -0.3 is 0 Å². The maximum absolute atomic E-state index is 12.8. The number of hydrogen-bond donors (Lipinski definition) is 0. The summed E-state index contributed by atoms with van der Waals surface area (Å²) in [6.45, 7) is 0. The summed E-state index contributed by atoms with van der Waals surface area (Å²) < 4.78 is 38.3. The minimum Gasteiger partial charge on any atom is -0.192 e. The normalized spacial score (nSPS) is 11.2. The highest BCUT2D eigenvalue weighted by molar-refractivity contribution is 6.35. The first-order valence-corrected chi connectivity index (χ1v) is 6.15. The van der Waals surface area contributed by atoms with Gasteiger partial charge in [-0.25, -0.2) is 0 Å². The first-order chi connectivity index (χ1) is 9.32. The first-order valence-electron chi connectivity index (χ1n) is 5.39. The van der Waals surface area contributed by atoms with E-state index in [-0.39, 0.29) is 16.1 Å². The van der Waals surface area contributed by atoms with E-state index in [1.807, 2.05) is 6.07 Å². The van der Waals surface area contributed by atoms with Gasteiger partial charge in [-0.15, -0.1) is 0 Å². The molecule has 0 aliphatic carbocycles. The van der Waals surface area contributed by atoms with Crippen molar-refractivity contribution in [1.82, 2.24) is 0 Å². The van der Waals surface area contributed by atoms with Gasteiger partial charge in [-0.1, -0.05) is 23.2 Å². The van der Waals surface area contributed by atoms with Gasteiger partial charge in [-0.2, -0.15) is 18.4 Å². The molecule has 0 saturated carbocycles. The summed E-state index contributed by atoms with van der Waals surface area (Å²) in [4.78, 5) is 0. The third kappa shape index (κ3) is 2.90. The third-order valence-electron chi connectivity index (χ3n) is 2.69. The van der Waals surface area contributed by atoms with Crippen LogP contribution in [0.2, 0.25) is 10.0 Å². The van der Waals surface area contributed by atoms with E-state index >= 15 is 0 Å². The van der Waals surface area contributed by atoms with Crippen LogP contribution in [-0.4, -0.2) is 0 Å². The second kappa shape index (κ2) is 5.35.